The third kappa shape index (κ3) is 3.65. The third-order valence-corrected chi connectivity index (χ3v) is 4.48. The average molecular weight is 319 g/mol. The number of aromatic hydroxyl groups is 1. The maximum Gasteiger partial charge on any atom is 0.304 e. The summed E-state index contributed by atoms with van der Waals surface area (Å²) in [6, 6.07) is 12.3. The van der Waals surface area contributed by atoms with Crippen molar-refractivity contribution < 1.29 is 19.7 Å². The molecule has 0 bridgehead atoms. The van der Waals surface area contributed by atoms with Crippen LogP contribution < -0.4 is 10.5 Å². The van der Waals surface area contributed by atoms with Gasteiger partial charge in [0.05, 0.1) is 13.5 Å². The number of aliphatic carboxylic acids is 1. The molecular weight excluding hydrogens is 302 g/mol. The van der Waals surface area contributed by atoms with Crippen LogP contribution >= 0.6 is 11.8 Å². The number of nitrogen functional groups attached to an aromatic ring is 1. The zero-order chi connectivity index (χ0) is 16.1. The van der Waals surface area contributed by atoms with Gasteiger partial charge in [0.2, 0.25) is 0 Å². The molecule has 0 aromatic heterocycles. The summed E-state index contributed by atoms with van der Waals surface area (Å²) in [6.45, 7) is 0. The lowest BCUT2D eigenvalue weighted by atomic mass is 10.1. The number of hydrogen-bond acceptors (Lipinski definition) is 5. The fourth-order valence-corrected chi connectivity index (χ4v) is 3.29. The lowest BCUT2D eigenvalue weighted by Gasteiger charge is -2.18. The van der Waals surface area contributed by atoms with Crippen molar-refractivity contribution >= 4 is 23.4 Å². The number of para-hydroxylation sites is 2. The first-order valence-electron chi connectivity index (χ1n) is 6.61. The Labute approximate surface area is 132 Å². The number of anilines is 1. The second kappa shape index (κ2) is 7.09. The van der Waals surface area contributed by atoms with E-state index >= 15 is 0 Å². The van der Waals surface area contributed by atoms with Crippen LogP contribution in [0.3, 0.4) is 0 Å². The van der Waals surface area contributed by atoms with Crippen molar-refractivity contribution in [3.05, 3.63) is 48.0 Å². The van der Waals surface area contributed by atoms with Crippen LogP contribution in [0, 0.1) is 0 Å². The molecule has 0 aliphatic carbocycles. The zero-order valence-electron chi connectivity index (χ0n) is 12.0. The van der Waals surface area contributed by atoms with Crippen LogP contribution in [0.4, 0.5) is 5.69 Å². The molecule has 5 nitrogen and oxygen atoms in total. The molecule has 0 fully saturated rings. The molecule has 0 aliphatic heterocycles. The topological polar surface area (TPSA) is 92.8 Å². The highest BCUT2D eigenvalue weighted by molar-refractivity contribution is 7.99. The number of phenolic OH excluding ortho intramolecular Hbond substituents is 1. The Morgan fingerprint density at radius 1 is 1.27 bits per heavy atom. The monoisotopic (exact) mass is 319 g/mol. The van der Waals surface area contributed by atoms with Gasteiger partial charge >= 0.3 is 5.97 Å². The summed E-state index contributed by atoms with van der Waals surface area (Å²) in [7, 11) is 1.45. The second-order valence-corrected chi connectivity index (χ2v) is 5.88. The lowest BCUT2D eigenvalue weighted by molar-refractivity contribution is -0.137. The highest BCUT2D eigenvalue weighted by Gasteiger charge is 2.22. The molecule has 1 unspecified atom stereocenters. The fourth-order valence-electron chi connectivity index (χ4n) is 2.08. The first-order valence-corrected chi connectivity index (χ1v) is 7.49. The first-order chi connectivity index (χ1) is 10.5. The zero-order valence-corrected chi connectivity index (χ0v) is 12.8. The number of thioether (sulfide) groups is 1. The van der Waals surface area contributed by atoms with E-state index in [1.807, 2.05) is 18.2 Å². The molecule has 0 saturated carbocycles. The van der Waals surface area contributed by atoms with Crippen molar-refractivity contribution in [1.29, 1.82) is 0 Å². The Kier molecular flexibility index (Phi) is 5.16. The van der Waals surface area contributed by atoms with Crippen LogP contribution in [0.2, 0.25) is 0 Å². The van der Waals surface area contributed by atoms with E-state index in [2.05, 4.69) is 0 Å². The molecule has 4 N–H and O–H groups in total. The van der Waals surface area contributed by atoms with Gasteiger partial charge in [0.15, 0.2) is 11.5 Å². The molecular formula is C16H17NO4S. The Morgan fingerprint density at radius 3 is 2.64 bits per heavy atom. The maximum absolute atomic E-state index is 11.2. The van der Waals surface area contributed by atoms with Crippen molar-refractivity contribution in [3.8, 4) is 11.5 Å². The SMILES string of the molecule is COc1cccc(C(CC(=O)O)Sc2ccccc2N)c1O. The third-order valence-electron chi connectivity index (χ3n) is 3.15. The number of benzene rings is 2. The number of carbonyl (C=O) groups is 1. The van der Waals surface area contributed by atoms with Crippen molar-refractivity contribution in [3.63, 3.8) is 0 Å². The Bertz CT molecular complexity index is 675. The highest BCUT2D eigenvalue weighted by atomic mass is 32.2. The van der Waals surface area contributed by atoms with E-state index in [4.69, 9.17) is 15.6 Å². The number of hydrogen-bond donors (Lipinski definition) is 3. The number of methoxy groups -OCH3 is 1. The molecule has 0 radical (unpaired) electrons. The lowest BCUT2D eigenvalue weighted by Crippen LogP contribution is -2.04. The van der Waals surface area contributed by atoms with Crippen LogP contribution in [0.5, 0.6) is 11.5 Å². The molecule has 22 heavy (non-hydrogen) atoms. The van der Waals surface area contributed by atoms with Gasteiger partial charge in [-0.15, -0.1) is 11.8 Å². The molecule has 6 heteroatoms. The predicted molar refractivity (Wildman–Crippen MR) is 86.4 cm³/mol. The van der Waals surface area contributed by atoms with E-state index in [1.54, 1.807) is 24.3 Å². The molecule has 116 valence electrons. The van der Waals surface area contributed by atoms with Gasteiger partial charge in [0.1, 0.15) is 0 Å². The Hall–Kier alpha value is -2.34. The minimum Gasteiger partial charge on any atom is -0.504 e. The average Bonchev–Trinajstić information content (AvgIpc) is 2.48. The van der Waals surface area contributed by atoms with Gasteiger partial charge in [-0.1, -0.05) is 24.3 Å². The van der Waals surface area contributed by atoms with E-state index in [9.17, 15) is 9.90 Å². The number of nitrogens with two attached hydrogens (primary N) is 1. The maximum atomic E-state index is 11.2. The van der Waals surface area contributed by atoms with Gasteiger partial charge in [-0.2, -0.15) is 0 Å². The van der Waals surface area contributed by atoms with Gasteiger partial charge < -0.3 is 20.7 Å². The van der Waals surface area contributed by atoms with E-state index in [-0.39, 0.29) is 12.2 Å². The summed E-state index contributed by atoms with van der Waals surface area (Å²) < 4.78 is 5.08. The van der Waals surface area contributed by atoms with Crippen molar-refractivity contribution in [2.24, 2.45) is 0 Å². The minimum atomic E-state index is -0.950. The molecule has 2 rings (SSSR count). The van der Waals surface area contributed by atoms with E-state index < -0.39 is 11.2 Å². The molecule has 0 amide bonds. The first kappa shape index (κ1) is 16.0. The van der Waals surface area contributed by atoms with E-state index in [0.717, 1.165) is 4.90 Å². The number of carboxylic acids is 1. The van der Waals surface area contributed by atoms with Crippen LogP contribution in [0.25, 0.3) is 0 Å². The molecule has 0 saturated heterocycles. The largest absolute Gasteiger partial charge is 0.504 e. The van der Waals surface area contributed by atoms with Crippen LogP contribution in [0.1, 0.15) is 17.2 Å². The van der Waals surface area contributed by atoms with Crippen LogP contribution in [-0.2, 0) is 4.79 Å². The van der Waals surface area contributed by atoms with Gasteiger partial charge in [0, 0.05) is 21.4 Å². The van der Waals surface area contributed by atoms with Crippen LogP contribution in [0.15, 0.2) is 47.4 Å². The van der Waals surface area contributed by atoms with Crippen molar-refractivity contribution in [2.75, 3.05) is 12.8 Å². The number of ether oxygens (including phenoxy) is 1. The molecule has 2 aromatic rings. The fraction of sp³-hybridized carbons (Fsp3) is 0.188. The smallest absolute Gasteiger partial charge is 0.304 e. The standard InChI is InChI=1S/C16H17NO4S/c1-21-12-7-4-5-10(16(12)20)14(9-15(18)19)22-13-8-3-2-6-11(13)17/h2-8,14,20H,9,17H2,1H3,(H,18,19). The quantitative estimate of drug-likeness (QED) is 0.559. The van der Waals surface area contributed by atoms with E-state index in [1.165, 1.54) is 18.9 Å². The molecule has 0 aliphatic rings. The van der Waals surface area contributed by atoms with Gasteiger partial charge in [-0.3, -0.25) is 4.79 Å². The summed E-state index contributed by atoms with van der Waals surface area (Å²) in [4.78, 5) is 11.9. The highest BCUT2D eigenvalue weighted by Crippen LogP contribution is 2.45. The van der Waals surface area contributed by atoms with E-state index in [0.29, 0.717) is 17.0 Å². The number of phenols is 1. The summed E-state index contributed by atoms with van der Waals surface area (Å²) in [5.41, 5.74) is 7.00. The summed E-state index contributed by atoms with van der Waals surface area (Å²) in [5, 5.41) is 18.9. The van der Waals surface area contributed by atoms with Gasteiger partial charge in [-0.25, -0.2) is 0 Å². The van der Waals surface area contributed by atoms with Crippen LogP contribution in [-0.4, -0.2) is 23.3 Å². The number of carboxylic acid groups (broad SMARTS) is 1. The van der Waals surface area contributed by atoms with Gasteiger partial charge in [-0.05, 0) is 18.2 Å². The summed E-state index contributed by atoms with van der Waals surface area (Å²) in [5.74, 6) is -0.679. The van der Waals surface area contributed by atoms with Gasteiger partial charge in [0.25, 0.3) is 0 Å². The molecule has 2 aromatic carbocycles. The summed E-state index contributed by atoms with van der Waals surface area (Å²) >= 11 is 1.31. The Morgan fingerprint density at radius 2 is 2.00 bits per heavy atom. The predicted octanol–water partition coefficient (Wildman–Crippen LogP) is 3.29. The normalized spacial score (nSPS) is 11.9. The number of rotatable bonds is 6. The molecule has 1 atom stereocenters. The summed E-state index contributed by atoms with van der Waals surface area (Å²) in [6.07, 6.45) is -0.139. The second-order valence-electron chi connectivity index (χ2n) is 4.64. The minimum absolute atomic E-state index is 0.0433. The molecule has 0 spiro atoms. The van der Waals surface area contributed by atoms with Crippen molar-refractivity contribution in [1.82, 2.24) is 0 Å². The Balaban J connectivity index is 2.38. The molecule has 0 heterocycles. The van der Waals surface area contributed by atoms with Crippen molar-refractivity contribution in [2.45, 2.75) is 16.6 Å².